The van der Waals surface area contributed by atoms with Gasteiger partial charge in [-0.1, -0.05) is 92.5 Å². The summed E-state index contributed by atoms with van der Waals surface area (Å²) in [6, 6.07) is 32.7. The van der Waals surface area contributed by atoms with E-state index in [4.69, 9.17) is 20.0 Å². The Bertz CT molecular complexity index is 3410. The van der Waals surface area contributed by atoms with Crippen LogP contribution < -0.4 is 9.65 Å². The van der Waals surface area contributed by atoms with Crippen molar-refractivity contribution in [1.29, 1.82) is 0 Å². The van der Waals surface area contributed by atoms with Crippen LogP contribution in [-0.2, 0) is 10.1 Å². The van der Waals surface area contributed by atoms with Crippen molar-refractivity contribution in [1.82, 2.24) is 19.9 Å². The molecule has 0 unspecified atom stereocenters. The van der Waals surface area contributed by atoms with Gasteiger partial charge in [0.1, 0.15) is 5.69 Å². The van der Waals surface area contributed by atoms with Gasteiger partial charge in [-0.3, -0.25) is 4.98 Å². The highest BCUT2D eigenvalue weighted by molar-refractivity contribution is 7.88. The van der Waals surface area contributed by atoms with Gasteiger partial charge >= 0.3 is 22.7 Å². The van der Waals surface area contributed by atoms with Crippen molar-refractivity contribution >= 4 is 22.7 Å². The summed E-state index contributed by atoms with van der Waals surface area (Å²) < 4.78 is 65.2. The van der Waals surface area contributed by atoms with Crippen molar-refractivity contribution < 1.29 is 35.8 Å². The Hall–Kier alpha value is -7.00. The number of hydrogen-bond donors (Lipinski definition) is 2. The molecule has 378 valence electrons. The van der Waals surface area contributed by atoms with Gasteiger partial charge in [0, 0.05) is 27.8 Å². The number of nitrogens with zero attached hydrogens (tertiary/aromatic N) is 4. The van der Waals surface area contributed by atoms with E-state index in [0.717, 1.165) is 73.3 Å². The molecule has 0 atom stereocenters. The molecule has 0 fully saturated rings. The molecule has 2 aromatic heterocycles. The molecule has 0 amide bonds. The fourth-order valence-electron chi connectivity index (χ4n) is 8.86. The summed E-state index contributed by atoms with van der Waals surface area (Å²) in [5.41, 5.74) is 18.8. The Labute approximate surface area is 428 Å². The number of aromatic nitrogens is 4. The maximum atomic E-state index is 12.7. The number of aryl methyl sites for hydroxylation is 14. The standard InChI is InChI=1S/C29H30N2.C21H19F3N2O3S.C9H13BO2/c1-17-8-18(2)11-24(10-17)28-29(25-12-19(3)9-20(4)13-25)31-27(16-30-28)26-15-22(6)21(5)14-23(26)7;1-12-5-13(2)8-16(7-12)19-20(17-9-14(3)6-15(4)10-17)26-18(11-25-19)29-30(27,28)21(22,23)24;1-6-4-8(3)9(10(11)12)5-7(6)2/h8-16H,1-7H3;5-11H,1-4H3;4-5,11-12H,1-3H3. The van der Waals surface area contributed by atoms with Crippen LogP contribution in [-0.4, -0.2) is 51.0 Å². The quantitative estimate of drug-likeness (QED) is 0.0866. The molecule has 0 saturated heterocycles. The Morgan fingerprint density at radius 1 is 0.425 bits per heavy atom. The fourth-order valence-corrected chi connectivity index (χ4v) is 9.26. The molecule has 9 nitrogen and oxygen atoms in total. The van der Waals surface area contributed by atoms with Gasteiger partial charge in [-0.2, -0.15) is 21.6 Å². The van der Waals surface area contributed by atoms with Gasteiger partial charge in [-0.15, -0.1) is 0 Å². The third-order valence-corrected chi connectivity index (χ3v) is 13.2. The summed E-state index contributed by atoms with van der Waals surface area (Å²) in [6.45, 7) is 28.4. The van der Waals surface area contributed by atoms with Crippen molar-refractivity contribution in [2.45, 2.75) is 102 Å². The van der Waals surface area contributed by atoms with Gasteiger partial charge in [0.05, 0.1) is 35.2 Å². The average Bonchev–Trinajstić information content (AvgIpc) is 3.27. The van der Waals surface area contributed by atoms with Crippen LogP contribution >= 0.6 is 0 Å². The molecule has 2 heterocycles. The molecule has 0 radical (unpaired) electrons. The lowest BCUT2D eigenvalue weighted by Gasteiger charge is -2.15. The maximum absolute atomic E-state index is 12.7. The van der Waals surface area contributed by atoms with Gasteiger partial charge in [-0.05, 0) is 185 Å². The predicted molar refractivity (Wildman–Crippen MR) is 289 cm³/mol. The number of rotatable bonds is 8. The minimum Gasteiger partial charge on any atom is -0.423 e. The van der Waals surface area contributed by atoms with Crippen LogP contribution in [0.3, 0.4) is 0 Å². The third kappa shape index (κ3) is 13.7. The molecule has 8 aromatic rings. The van der Waals surface area contributed by atoms with Crippen LogP contribution in [0.5, 0.6) is 5.88 Å². The number of alkyl halides is 3. The first-order valence-electron chi connectivity index (χ1n) is 23.7. The zero-order valence-electron chi connectivity index (χ0n) is 43.9. The van der Waals surface area contributed by atoms with E-state index >= 15 is 0 Å². The zero-order chi connectivity index (χ0) is 53.9. The fraction of sp³-hybridized carbons (Fsp3) is 0.254. The van der Waals surface area contributed by atoms with Gasteiger partial charge in [0.25, 0.3) is 5.88 Å². The van der Waals surface area contributed by atoms with Crippen LogP contribution in [0.2, 0.25) is 0 Å². The molecular weight excluding hydrogens is 945 g/mol. The Morgan fingerprint density at radius 3 is 1.16 bits per heavy atom. The van der Waals surface area contributed by atoms with E-state index < -0.39 is 28.6 Å². The maximum Gasteiger partial charge on any atom is 0.534 e. The van der Waals surface area contributed by atoms with Crippen molar-refractivity contribution in [3.05, 3.63) is 187 Å². The summed E-state index contributed by atoms with van der Waals surface area (Å²) >= 11 is 0. The summed E-state index contributed by atoms with van der Waals surface area (Å²) in [5, 5.41) is 18.0. The van der Waals surface area contributed by atoms with E-state index in [9.17, 15) is 21.6 Å². The Kier molecular flexibility index (Phi) is 17.0. The van der Waals surface area contributed by atoms with Crippen LogP contribution in [0.25, 0.3) is 56.3 Å². The molecule has 0 aliphatic rings. The first-order valence-corrected chi connectivity index (χ1v) is 25.1. The SMILES string of the molecule is Cc1cc(C)c(B(O)O)cc1C.Cc1cc(C)cc(-c2ncc(-c3cc(C)c(C)cc3C)nc2-c2cc(C)cc(C)c2)c1.Cc1cc(C)cc(-c2ncc(OS(=O)(=O)C(F)(F)F)nc2-c2cc(C)cc(C)c2)c1. The van der Waals surface area contributed by atoms with E-state index in [1.54, 1.807) is 12.1 Å². The first kappa shape index (κ1) is 55.3. The van der Waals surface area contributed by atoms with Crippen molar-refractivity contribution in [3.8, 4) is 62.2 Å². The molecule has 8 rings (SSSR count). The number of hydrogen-bond acceptors (Lipinski definition) is 9. The molecule has 0 bridgehead atoms. The van der Waals surface area contributed by atoms with Gasteiger partial charge < -0.3 is 14.2 Å². The van der Waals surface area contributed by atoms with Crippen molar-refractivity contribution in [3.63, 3.8) is 0 Å². The van der Waals surface area contributed by atoms with E-state index in [2.05, 4.69) is 111 Å². The molecule has 0 aliphatic heterocycles. The van der Waals surface area contributed by atoms with Crippen LogP contribution in [0, 0.1) is 96.9 Å². The smallest absolute Gasteiger partial charge is 0.423 e. The van der Waals surface area contributed by atoms with Gasteiger partial charge in [-0.25, -0.2) is 15.0 Å². The van der Waals surface area contributed by atoms with E-state index in [-0.39, 0.29) is 5.69 Å². The number of benzene rings is 6. The van der Waals surface area contributed by atoms with Crippen molar-refractivity contribution in [2.75, 3.05) is 0 Å². The summed E-state index contributed by atoms with van der Waals surface area (Å²) in [4.78, 5) is 18.5. The highest BCUT2D eigenvalue weighted by Gasteiger charge is 2.49. The van der Waals surface area contributed by atoms with E-state index in [1.165, 1.54) is 44.5 Å². The molecule has 14 heteroatoms. The number of halogens is 3. The largest absolute Gasteiger partial charge is 0.534 e. The second kappa shape index (κ2) is 22.4. The normalized spacial score (nSPS) is 11.3. The van der Waals surface area contributed by atoms with Crippen LogP contribution in [0.1, 0.15) is 77.9 Å². The minimum atomic E-state index is -5.86. The second-order valence-corrected chi connectivity index (χ2v) is 20.8. The summed E-state index contributed by atoms with van der Waals surface area (Å²) in [7, 11) is -7.22. The van der Waals surface area contributed by atoms with Gasteiger partial charge in [0.2, 0.25) is 0 Å². The first-order chi connectivity index (χ1) is 34.1. The van der Waals surface area contributed by atoms with Crippen LogP contribution in [0.4, 0.5) is 13.2 Å². The monoisotopic (exact) mass is 1010 g/mol. The van der Waals surface area contributed by atoms with Crippen molar-refractivity contribution in [2.24, 2.45) is 0 Å². The lowest BCUT2D eigenvalue weighted by atomic mass is 9.76. The lowest BCUT2D eigenvalue weighted by Crippen LogP contribution is -2.32. The van der Waals surface area contributed by atoms with E-state index in [0.29, 0.717) is 22.3 Å². The summed E-state index contributed by atoms with van der Waals surface area (Å²) in [6.07, 6.45) is 2.80. The average molecular weight is 1010 g/mol. The molecule has 0 spiro atoms. The van der Waals surface area contributed by atoms with Crippen LogP contribution in [0.15, 0.2) is 109 Å². The predicted octanol–water partition coefficient (Wildman–Crippen LogP) is 13.2. The highest BCUT2D eigenvalue weighted by Crippen LogP contribution is 2.36. The molecule has 0 aliphatic carbocycles. The molecule has 0 saturated carbocycles. The topological polar surface area (TPSA) is 135 Å². The third-order valence-electron chi connectivity index (χ3n) is 12.3. The van der Waals surface area contributed by atoms with Gasteiger partial charge in [0.15, 0.2) is 0 Å². The van der Waals surface area contributed by atoms with E-state index in [1.807, 2.05) is 91.1 Å². The second-order valence-electron chi connectivity index (χ2n) is 19.3. The molecule has 73 heavy (non-hydrogen) atoms. The molecule has 6 aromatic carbocycles. The lowest BCUT2D eigenvalue weighted by molar-refractivity contribution is -0.0501. The minimum absolute atomic E-state index is 0.224. The Balaban J connectivity index is 0.000000195. The molecular formula is C59H62BF3N4O5S. The zero-order valence-corrected chi connectivity index (χ0v) is 44.7. The Morgan fingerprint density at radius 2 is 0.767 bits per heavy atom. The highest BCUT2D eigenvalue weighted by atomic mass is 32.2. The molecule has 2 N–H and O–H groups in total. The summed E-state index contributed by atoms with van der Waals surface area (Å²) in [5.74, 6) is -0.755.